The number of pyridine rings is 1. The topological polar surface area (TPSA) is 120 Å². The number of fused-ring (bicyclic) bond motifs is 1. The highest BCUT2D eigenvalue weighted by atomic mass is 32.2. The van der Waals surface area contributed by atoms with E-state index in [1.54, 1.807) is 36.7 Å². The summed E-state index contributed by atoms with van der Waals surface area (Å²) >= 11 is 0. The van der Waals surface area contributed by atoms with Gasteiger partial charge in [-0.2, -0.15) is 0 Å². The molecule has 0 aliphatic heterocycles. The fraction of sp³-hybridized carbons (Fsp3) is 0.174. The van der Waals surface area contributed by atoms with Gasteiger partial charge in [0, 0.05) is 23.2 Å². The fourth-order valence-electron chi connectivity index (χ4n) is 3.44. The monoisotopic (exact) mass is 449 g/mol. The standard InChI is InChI=1S/C23H23N5O3S/c1-3-14-32(29,30)28-20-8-4-6-17-16(20)10-9-15(2)21(17)31-22-18(7-5-12-25-22)19-11-13-26-23(24)27-19/h4-13,28H,3,14H2,1-2H3,(H2,24,26,27). The fourth-order valence-corrected chi connectivity index (χ4v) is 4.59. The molecule has 2 aromatic carbocycles. The lowest BCUT2D eigenvalue weighted by atomic mass is 10.0. The Bertz CT molecular complexity index is 1390. The Hall–Kier alpha value is -3.72. The summed E-state index contributed by atoms with van der Waals surface area (Å²) in [4.78, 5) is 12.6. The number of aromatic nitrogens is 3. The van der Waals surface area contributed by atoms with Gasteiger partial charge < -0.3 is 10.5 Å². The number of nitrogens with zero attached hydrogens (tertiary/aromatic N) is 3. The van der Waals surface area contributed by atoms with Crippen LogP contribution in [0.5, 0.6) is 11.6 Å². The summed E-state index contributed by atoms with van der Waals surface area (Å²) in [6, 6.07) is 14.6. The highest BCUT2D eigenvalue weighted by Gasteiger charge is 2.17. The molecule has 0 spiro atoms. The third kappa shape index (κ3) is 4.47. The number of nitrogens with one attached hydrogen (secondary N) is 1. The van der Waals surface area contributed by atoms with Gasteiger partial charge in [-0.05, 0) is 43.2 Å². The first-order valence-electron chi connectivity index (χ1n) is 10.1. The van der Waals surface area contributed by atoms with Gasteiger partial charge in [-0.15, -0.1) is 0 Å². The molecule has 0 amide bonds. The van der Waals surface area contributed by atoms with Crippen molar-refractivity contribution in [2.75, 3.05) is 16.2 Å². The van der Waals surface area contributed by atoms with Crippen LogP contribution >= 0.6 is 0 Å². The molecule has 164 valence electrons. The zero-order chi connectivity index (χ0) is 22.7. The smallest absolute Gasteiger partial charge is 0.232 e. The lowest BCUT2D eigenvalue weighted by molar-refractivity contribution is 0.466. The van der Waals surface area contributed by atoms with Gasteiger partial charge >= 0.3 is 0 Å². The summed E-state index contributed by atoms with van der Waals surface area (Å²) in [5, 5.41) is 1.50. The molecule has 32 heavy (non-hydrogen) atoms. The second kappa shape index (κ2) is 8.80. The molecule has 0 saturated carbocycles. The summed E-state index contributed by atoms with van der Waals surface area (Å²) in [7, 11) is -3.43. The zero-order valence-electron chi connectivity index (χ0n) is 17.7. The summed E-state index contributed by atoms with van der Waals surface area (Å²) < 4.78 is 33.7. The minimum Gasteiger partial charge on any atom is -0.437 e. The van der Waals surface area contributed by atoms with E-state index in [9.17, 15) is 8.42 Å². The highest BCUT2D eigenvalue weighted by Crippen LogP contribution is 2.38. The molecule has 4 rings (SSSR count). The van der Waals surface area contributed by atoms with Crippen molar-refractivity contribution >= 4 is 32.4 Å². The molecule has 0 unspecified atom stereocenters. The maximum absolute atomic E-state index is 12.3. The van der Waals surface area contributed by atoms with Crippen molar-refractivity contribution in [2.45, 2.75) is 20.3 Å². The quantitative estimate of drug-likeness (QED) is 0.425. The van der Waals surface area contributed by atoms with E-state index >= 15 is 0 Å². The first-order chi connectivity index (χ1) is 15.4. The third-order valence-corrected chi connectivity index (χ3v) is 6.34. The van der Waals surface area contributed by atoms with Crippen molar-refractivity contribution in [1.82, 2.24) is 15.0 Å². The normalized spacial score (nSPS) is 11.4. The van der Waals surface area contributed by atoms with Crippen LogP contribution in [0.1, 0.15) is 18.9 Å². The number of sulfonamides is 1. The van der Waals surface area contributed by atoms with Crippen LogP contribution in [0.15, 0.2) is 60.9 Å². The Morgan fingerprint density at radius 3 is 2.62 bits per heavy atom. The minimum atomic E-state index is -3.43. The molecular formula is C23H23N5O3S. The predicted molar refractivity (Wildman–Crippen MR) is 126 cm³/mol. The van der Waals surface area contributed by atoms with Crippen LogP contribution in [-0.2, 0) is 10.0 Å². The molecule has 0 atom stereocenters. The molecule has 0 radical (unpaired) electrons. The van der Waals surface area contributed by atoms with Crippen molar-refractivity contribution in [3.05, 3.63) is 66.5 Å². The van der Waals surface area contributed by atoms with Gasteiger partial charge in [0.05, 0.1) is 22.7 Å². The molecule has 2 heterocycles. The van der Waals surface area contributed by atoms with E-state index in [1.165, 1.54) is 0 Å². The second-order valence-corrected chi connectivity index (χ2v) is 9.13. The number of ether oxygens (including phenoxy) is 1. The number of anilines is 2. The van der Waals surface area contributed by atoms with Crippen LogP contribution in [0.25, 0.3) is 22.0 Å². The molecule has 0 fully saturated rings. The van der Waals surface area contributed by atoms with Gasteiger partial charge in [-0.25, -0.2) is 23.4 Å². The SMILES string of the molecule is CCCS(=O)(=O)Nc1cccc2c(Oc3ncccc3-c3ccnc(N)n3)c(C)ccc12. The van der Waals surface area contributed by atoms with E-state index in [4.69, 9.17) is 10.5 Å². The molecule has 0 bridgehead atoms. The van der Waals surface area contributed by atoms with Crippen molar-refractivity contribution in [3.63, 3.8) is 0 Å². The van der Waals surface area contributed by atoms with Gasteiger partial charge in [0.15, 0.2) is 0 Å². The van der Waals surface area contributed by atoms with Crippen molar-refractivity contribution < 1.29 is 13.2 Å². The minimum absolute atomic E-state index is 0.0535. The van der Waals surface area contributed by atoms with Gasteiger partial charge in [0.1, 0.15) is 5.75 Å². The number of aryl methyl sites for hydroxylation is 1. The maximum atomic E-state index is 12.3. The Morgan fingerprint density at radius 2 is 1.84 bits per heavy atom. The van der Waals surface area contributed by atoms with Gasteiger partial charge in [0.2, 0.25) is 21.9 Å². The van der Waals surface area contributed by atoms with Crippen LogP contribution in [-0.4, -0.2) is 29.1 Å². The van der Waals surface area contributed by atoms with E-state index in [1.807, 2.05) is 38.1 Å². The molecule has 9 heteroatoms. The van der Waals surface area contributed by atoms with Crippen LogP contribution in [0.4, 0.5) is 11.6 Å². The van der Waals surface area contributed by atoms with E-state index in [2.05, 4.69) is 19.7 Å². The Kier molecular flexibility index (Phi) is 5.91. The molecule has 4 aromatic rings. The lowest BCUT2D eigenvalue weighted by Gasteiger charge is -2.16. The van der Waals surface area contributed by atoms with Crippen LogP contribution in [0.2, 0.25) is 0 Å². The summed E-state index contributed by atoms with van der Waals surface area (Å²) in [6.07, 6.45) is 3.74. The zero-order valence-corrected chi connectivity index (χ0v) is 18.6. The largest absolute Gasteiger partial charge is 0.437 e. The van der Waals surface area contributed by atoms with E-state index in [0.29, 0.717) is 35.0 Å². The van der Waals surface area contributed by atoms with Gasteiger partial charge in [0.25, 0.3) is 0 Å². The summed E-state index contributed by atoms with van der Waals surface area (Å²) in [6.45, 7) is 3.75. The number of rotatable bonds is 7. The molecule has 0 aliphatic rings. The van der Waals surface area contributed by atoms with Crippen molar-refractivity contribution in [1.29, 1.82) is 0 Å². The molecule has 0 saturated heterocycles. The highest BCUT2D eigenvalue weighted by molar-refractivity contribution is 7.92. The molecule has 3 N–H and O–H groups in total. The number of nitrogen functional groups attached to an aromatic ring is 1. The van der Waals surface area contributed by atoms with E-state index in [-0.39, 0.29) is 11.7 Å². The average molecular weight is 450 g/mol. The molecule has 0 aliphatic carbocycles. The third-order valence-electron chi connectivity index (χ3n) is 4.87. The Morgan fingerprint density at radius 1 is 1.00 bits per heavy atom. The predicted octanol–water partition coefficient (Wildman–Crippen LogP) is 4.53. The molecular weight excluding hydrogens is 426 g/mol. The number of hydrogen-bond acceptors (Lipinski definition) is 7. The number of nitrogens with two attached hydrogens (primary N) is 1. The van der Waals surface area contributed by atoms with Crippen LogP contribution < -0.4 is 15.2 Å². The lowest BCUT2D eigenvalue weighted by Crippen LogP contribution is -2.16. The second-order valence-electron chi connectivity index (χ2n) is 7.29. The first kappa shape index (κ1) is 21.5. The van der Waals surface area contributed by atoms with Gasteiger partial charge in [-0.3, -0.25) is 4.72 Å². The van der Waals surface area contributed by atoms with Crippen LogP contribution in [0.3, 0.4) is 0 Å². The number of benzene rings is 2. The van der Waals surface area contributed by atoms with E-state index in [0.717, 1.165) is 16.3 Å². The maximum Gasteiger partial charge on any atom is 0.232 e. The summed E-state index contributed by atoms with van der Waals surface area (Å²) in [5.41, 5.74) is 8.38. The Balaban J connectivity index is 1.80. The first-order valence-corrected chi connectivity index (χ1v) is 11.8. The van der Waals surface area contributed by atoms with E-state index < -0.39 is 10.0 Å². The van der Waals surface area contributed by atoms with Crippen molar-refractivity contribution in [3.8, 4) is 22.9 Å². The average Bonchev–Trinajstić information content (AvgIpc) is 2.76. The van der Waals surface area contributed by atoms with Crippen LogP contribution in [0, 0.1) is 6.92 Å². The summed E-state index contributed by atoms with van der Waals surface area (Å²) in [5.74, 6) is 1.15. The molecule has 2 aromatic heterocycles. The molecule has 8 nitrogen and oxygen atoms in total. The van der Waals surface area contributed by atoms with Crippen molar-refractivity contribution in [2.24, 2.45) is 0 Å². The van der Waals surface area contributed by atoms with Gasteiger partial charge in [-0.1, -0.05) is 31.2 Å². The Labute approximate surface area is 186 Å². The number of hydrogen-bond donors (Lipinski definition) is 2.